The normalized spacial score (nSPS) is 15.4. The number of piperidine rings is 1. The summed E-state index contributed by atoms with van der Waals surface area (Å²) in [5.74, 6) is 0.177. The zero-order valence-electron chi connectivity index (χ0n) is 16.7. The van der Waals surface area contributed by atoms with E-state index in [1.54, 1.807) is 24.3 Å². The molecule has 1 fully saturated rings. The molecule has 0 aromatic heterocycles. The summed E-state index contributed by atoms with van der Waals surface area (Å²) in [6.45, 7) is 1.95. The summed E-state index contributed by atoms with van der Waals surface area (Å²) in [6.07, 6.45) is 1.06. The number of rotatable bonds is 7. The number of nitrogens with one attached hydrogen (secondary N) is 2. The molecular weight excluding hydrogens is 406 g/mol. The summed E-state index contributed by atoms with van der Waals surface area (Å²) in [5.41, 5.74) is 0.542. The Bertz CT molecular complexity index is 969. The van der Waals surface area contributed by atoms with Gasteiger partial charge in [0.1, 0.15) is 5.75 Å². The highest BCUT2D eigenvalue weighted by atomic mass is 32.2. The van der Waals surface area contributed by atoms with Crippen LogP contribution in [0.4, 0.5) is 5.69 Å². The average molecular weight is 432 g/mol. The molecule has 1 aliphatic rings. The molecule has 1 saturated heterocycles. The van der Waals surface area contributed by atoms with Gasteiger partial charge in [0.25, 0.3) is 5.91 Å². The van der Waals surface area contributed by atoms with Gasteiger partial charge in [0.2, 0.25) is 15.9 Å². The molecule has 0 atom stereocenters. The largest absolute Gasteiger partial charge is 0.484 e. The van der Waals surface area contributed by atoms with Crippen LogP contribution < -0.4 is 15.4 Å². The van der Waals surface area contributed by atoms with Crippen LogP contribution in [0.2, 0.25) is 0 Å². The number of ether oxygens (including phenoxy) is 1. The minimum Gasteiger partial charge on any atom is -0.484 e. The third-order valence-corrected chi connectivity index (χ3v) is 6.66. The van der Waals surface area contributed by atoms with Crippen molar-refractivity contribution in [1.82, 2.24) is 9.62 Å². The Morgan fingerprint density at radius 3 is 2.27 bits per heavy atom. The molecule has 0 unspecified atom stereocenters. The monoisotopic (exact) mass is 431 g/mol. The summed E-state index contributed by atoms with van der Waals surface area (Å²) in [6, 6.07) is 15.1. The van der Waals surface area contributed by atoms with Crippen LogP contribution in [0.1, 0.15) is 19.8 Å². The van der Waals surface area contributed by atoms with Crippen molar-refractivity contribution in [3.05, 3.63) is 54.6 Å². The first-order valence-corrected chi connectivity index (χ1v) is 11.1. The van der Waals surface area contributed by atoms with Gasteiger partial charge in [-0.25, -0.2) is 8.42 Å². The lowest BCUT2D eigenvalue weighted by Gasteiger charge is -2.31. The number of carbonyl (C=O) groups excluding carboxylic acids is 2. The fourth-order valence-corrected chi connectivity index (χ4v) is 4.71. The fraction of sp³-hybridized carbons (Fsp3) is 0.333. The van der Waals surface area contributed by atoms with E-state index in [4.69, 9.17) is 4.74 Å². The van der Waals surface area contributed by atoms with Gasteiger partial charge in [0.05, 0.1) is 4.90 Å². The highest BCUT2D eigenvalue weighted by Gasteiger charge is 2.30. The van der Waals surface area contributed by atoms with Crippen molar-refractivity contribution in [2.45, 2.75) is 30.7 Å². The van der Waals surface area contributed by atoms with Crippen LogP contribution >= 0.6 is 0 Å². The van der Waals surface area contributed by atoms with Gasteiger partial charge in [-0.05, 0) is 49.2 Å². The van der Waals surface area contributed by atoms with Crippen molar-refractivity contribution in [1.29, 1.82) is 0 Å². The maximum Gasteiger partial charge on any atom is 0.258 e. The Labute approximate surface area is 176 Å². The molecule has 8 nitrogen and oxygen atoms in total. The van der Waals surface area contributed by atoms with E-state index in [1.807, 2.05) is 18.2 Å². The van der Waals surface area contributed by atoms with Gasteiger partial charge >= 0.3 is 0 Å². The molecule has 0 radical (unpaired) electrons. The van der Waals surface area contributed by atoms with Gasteiger partial charge in [-0.1, -0.05) is 18.2 Å². The summed E-state index contributed by atoms with van der Waals surface area (Å²) in [4.78, 5) is 23.4. The van der Waals surface area contributed by atoms with Crippen LogP contribution in [0.25, 0.3) is 0 Å². The minimum absolute atomic E-state index is 0.0802. The zero-order chi connectivity index (χ0) is 21.6. The summed E-state index contributed by atoms with van der Waals surface area (Å²) in [7, 11) is -3.62. The van der Waals surface area contributed by atoms with Gasteiger partial charge in [0.15, 0.2) is 6.61 Å². The number of hydrogen-bond donors (Lipinski definition) is 2. The van der Waals surface area contributed by atoms with Gasteiger partial charge in [-0.3, -0.25) is 9.59 Å². The van der Waals surface area contributed by atoms with Crippen molar-refractivity contribution in [3.8, 4) is 5.75 Å². The lowest BCUT2D eigenvalue weighted by atomic mass is 10.1. The van der Waals surface area contributed by atoms with Gasteiger partial charge in [0, 0.05) is 31.7 Å². The summed E-state index contributed by atoms with van der Waals surface area (Å²) in [5, 5.41) is 5.51. The Morgan fingerprint density at radius 2 is 1.67 bits per heavy atom. The zero-order valence-corrected chi connectivity index (χ0v) is 17.5. The number of carbonyl (C=O) groups is 2. The number of para-hydroxylation sites is 1. The first kappa shape index (κ1) is 21.8. The topological polar surface area (TPSA) is 105 Å². The molecule has 2 aromatic rings. The minimum atomic E-state index is -3.62. The number of hydrogen-bond acceptors (Lipinski definition) is 5. The number of anilines is 1. The lowest BCUT2D eigenvalue weighted by Crippen LogP contribution is -2.47. The number of benzene rings is 2. The van der Waals surface area contributed by atoms with E-state index < -0.39 is 10.0 Å². The molecule has 2 N–H and O–H groups in total. The fourth-order valence-electron chi connectivity index (χ4n) is 3.24. The second-order valence-corrected chi connectivity index (χ2v) is 8.99. The highest BCUT2D eigenvalue weighted by molar-refractivity contribution is 7.89. The Hall–Kier alpha value is -2.91. The smallest absolute Gasteiger partial charge is 0.258 e. The van der Waals surface area contributed by atoms with Crippen molar-refractivity contribution in [3.63, 3.8) is 0 Å². The van der Waals surface area contributed by atoms with Crippen LogP contribution in [0.3, 0.4) is 0 Å². The highest BCUT2D eigenvalue weighted by Crippen LogP contribution is 2.22. The van der Waals surface area contributed by atoms with Crippen molar-refractivity contribution in [2.24, 2.45) is 0 Å². The Balaban J connectivity index is 1.49. The lowest BCUT2D eigenvalue weighted by molar-refractivity contribution is -0.124. The first-order valence-electron chi connectivity index (χ1n) is 9.69. The molecule has 3 rings (SSSR count). The molecule has 0 spiro atoms. The Kier molecular flexibility index (Phi) is 7.07. The van der Waals surface area contributed by atoms with Gasteiger partial charge in [-0.15, -0.1) is 0 Å². The third-order valence-electron chi connectivity index (χ3n) is 4.74. The average Bonchev–Trinajstić information content (AvgIpc) is 2.73. The quantitative estimate of drug-likeness (QED) is 0.698. The molecule has 1 aliphatic heterocycles. The maximum atomic E-state index is 12.8. The van der Waals surface area contributed by atoms with E-state index in [2.05, 4.69) is 10.6 Å². The first-order chi connectivity index (χ1) is 14.3. The van der Waals surface area contributed by atoms with E-state index in [9.17, 15) is 18.0 Å². The molecular formula is C21H25N3O5S. The molecule has 0 saturated carbocycles. The number of amides is 2. The van der Waals surface area contributed by atoms with E-state index in [0.29, 0.717) is 37.4 Å². The summed E-state index contributed by atoms with van der Waals surface area (Å²) >= 11 is 0. The second kappa shape index (κ2) is 9.73. The maximum absolute atomic E-state index is 12.8. The molecule has 160 valence electrons. The van der Waals surface area contributed by atoms with Crippen LogP contribution in [-0.2, 0) is 19.6 Å². The number of sulfonamides is 1. The van der Waals surface area contributed by atoms with Crippen LogP contribution in [0.5, 0.6) is 5.75 Å². The standard InChI is InChI=1S/C21H25N3O5S/c1-16(25)22-17-7-9-20(10-8-17)30(27,28)24-13-11-18(12-14-24)23-21(26)15-29-19-5-3-2-4-6-19/h2-10,18H,11-15H2,1H3,(H,22,25)(H,23,26). The molecule has 1 heterocycles. The Morgan fingerprint density at radius 1 is 1.03 bits per heavy atom. The van der Waals surface area contributed by atoms with Crippen molar-refractivity contribution >= 4 is 27.5 Å². The molecule has 9 heteroatoms. The SMILES string of the molecule is CC(=O)Nc1ccc(S(=O)(=O)N2CCC(NC(=O)COc3ccccc3)CC2)cc1. The third kappa shape index (κ3) is 5.80. The van der Waals surface area contributed by atoms with Crippen molar-refractivity contribution < 1.29 is 22.7 Å². The molecule has 2 amide bonds. The molecule has 2 aromatic carbocycles. The van der Waals surface area contributed by atoms with E-state index in [-0.39, 0.29) is 29.4 Å². The summed E-state index contributed by atoms with van der Waals surface area (Å²) < 4.78 is 32.5. The van der Waals surface area contributed by atoms with E-state index in [0.717, 1.165) is 0 Å². The van der Waals surface area contributed by atoms with Gasteiger partial charge < -0.3 is 15.4 Å². The second-order valence-electron chi connectivity index (χ2n) is 7.05. The molecule has 0 aliphatic carbocycles. The molecule has 0 bridgehead atoms. The van der Waals surface area contributed by atoms with Crippen molar-refractivity contribution in [2.75, 3.05) is 25.0 Å². The van der Waals surface area contributed by atoms with Crippen LogP contribution in [0, 0.1) is 0 Å². The van der Waals surface area contributed by atoms with Crippen LogP contribution in [-0.4, -0.2) is 50.3 Å². The molecule has 30 heavy (non-hydrogen) atoms. The van der Waals surface area contributed by atoms with Crippen LogP contribution in [0.15, 0.2) is 59.5 Å². The predicted octanol–water partition coefficient (Wildman–Crippen LogP) is 1.99. The van der Waals surface area contributed by atoms with E-state index in [1.165, 1.54) is 23.4 Å². The number of nitrogens with zero attached hydrogens (tertiary/aromatic N) is 1. The van der Waals surface area contributed by atoms with Gasteiger partial charge in [-0.2, -0.15) is 4.31 Å². The van der Waals surface area contributed by atoms with E-state index >= 15 is 0 Å². The predicted molar refractivity (Wildman–Crippen MR) is 113 cm³/mol.